The molecule has 1 aliphatic carbocycles. The highest BCUT2D eigenvalue weighted by atomic mass is 31.1. The Labute approximate surface area is 150 Å². The molecule has 24 heavy (non-hydrogen) atoms. The normalized spacial score (nSPS) is 22.2. The molecule has 1 aromatic rings. The van der Waals surface area contributed by atoms with E-state index in [1.54, 1.807) is 0 Å². The number of nitrogens with zero attached hydrogens (tertiary/aromatic N) is 1. The van der Waals surface area contributed by atoms with Crippen LogP contribution in [-0.4, -0.2) is 34.6 Å². The molecule has 0 amide bonds. The maximum absolute atomic E-state index is 2.50. The summed E-state index contributed by atoms with van der Waals surface area (Å²) in [6, 6.07) is 11.0. The van der Waals surface area contributed by atoms with Gasteiger partial charge in [0.05, 0.1) is 5.28 Å². The maximum Gasteiger partial charge on any atom is 0.0703 e. The molecule has 0 aliphatic heterocycles. The molecule has 132 valence electrons. The summed E-state index contributed by atoms with van der Waals surface area (Å²) in [7, 11) is 4.19. The molecule has 2 rings (SSSR count). The second-order valence-corrected chi connectivity index (χ2v) is 13.1. The Bertz CT molecular complexity index is 600. The highest BCUT2D eigenvalue weighted by Crippen LogP contribution is 2.72. The lowest BCUT2D eigenvalue weighted by Crippen LogP contribution is -2.51. The minimum atomic E-state index is -0.341. The first-order chi connectivity index (χ1) is 11.0. The van der Waals surface area contributed by atoms with Crippen LogP contribution in [0.5, 0.6) is 0 Å². The van der Waals surface area contributed by atoms with Gasteiger partial charge >= 0.3 is 0 Å². The third-order valence-corrected chi connectivity index (χ3v) is 9.02. The predicted molar refractivity (Wildman–Crippen MR) is 111 cm³/mol. The number of rotatable bonds is 3. The number of likely N-dealkylation sites (N-methyl/N-ethyl adjacent to an activating group) is 1. The first-order valence-corrected chi connectivity index (χ1v) is 10.3. The second-order valence-electron chi connectivity index (χ2n) is 8.97. The van der Waals surface area contributed by atoms with E-state index in [9.17, 15) is 0 Å². The standard InChI is InChI=1S/C22H34NP/c1-20(2,3)24(21(4,5)6)22(23(7)8)17-13-12-16-19(22)18-14-10-9-11-15-18/h9-16H,17H2,1-8H3. The third kappa shape index (κ3) is 3.53. The second kappa shape index (κ2) is 6.77. The Morgan fingerprint density at radius 1 is 0.917 bits per heavy atom. The minimum absolute atomic E-state index is 0.0575. The van der Waals surface area contributed by atoms with Crippen molar-refractivity contribution in [3.63, 3.8) is 0 Å². The van der Waals surface area contributed by atoms with Crippen molar-refractivity contribution in [3.8, 4) is 0 Å². The Morgan fingerprint density at radius 3 is 1.92 bits per heavy atom. The fourth-order valence-electron chi connectivity index (χ4n) is 4.54. The van der Waals surface area contributed by atoms with Gasteiger partial charge in [0.15, 0.2) is 0 Å². The molecule has 1 nitrogen and oxygen atoms in total. The van der Waals surface area contributed by atoms with Crippen LogP contribution < -0.4 is 0 Å². The molecule has 0 saturated heterocycles. The zero-order valence-electron chi connectivity index (χ0n) is 16.7. The summed E-state index contributed by atoms with van der Waals surface area (Å²) in [5, 5.41) is 0.579. The van der Waals surface area contributed by atoms with E-state index in [1.807, 2.05) is 0 Å². The van der Waals surface area contributed by atoms with Crippen molar-refractivity contribution in [2.24, 2.45) is 0 Å². The summed E-state index contributed by atoms with van der Waals surface area (Å²) in [6.45, 7) is 14.6. The minimum Gasteiger partial charge on any atom is -0.296 e. The fraction of sp³-hybridized carbons (Fsp3) is 0.545. The van der Waals surface area contributed by atoms with E-state index in [2.05, 4.69) is 109 Å². The van der Waals surface area contributed by atoms with Crippen molar-refractivity contribution in [1.29, 1.82) is 0 Å². The Morgan fingerprint density at radius 2 is 1.46 bits per heavy atom. The molecule has 0 radical (unpaired) electrons. The molecule has 0 spiro atoms. The predicted octanol–water partition coefficient (Wildman–Crippen LogP) is 6.37. The topological polar surface area (TPSA) is 3.24 Å². The number of hydrogen-bond donors (Lipinski definition) is 0. The van der Waals surface area contributed by atoms with Gasteiger partial charge in [0, 0.05) is 0 Å². The zero-order chi connectivity index (χ0) is 18.2. The van der Waals surface area contributed by atoms with Crippen LogP contribution in [0.1, 0.15) is 53.5 Å². The van der Waals surface area contributed by atoms with E-state index in [-0.39, 0.29) is 23.5 Å². The smallest absolute Gasteiger partial charge is 0.0703 e. The van der Waals surface area contributed by atoms with Crippen LogP contribution in [0.2, 0.25) is 0 Å². The van der Waals surface area contributed by atoms with Gasteiger partial charge in [-0.1, -0.05) is 98.0 Å². The van der Waals surface area contributed by atoms with E-state index in [0.29, 0.717) is 0 Å². The van der Waals surface area contributed by atoms with Gasteiger partial charge in [-0.25, -0.2) is 0 Å². The molecule has 0 heterocycles. The van der Waals surface area contributed by atoms with Crippen molar-refractivity contribution in [2.75, 3.05) is 14.1 Å². The molecule has 0 N–H and O–H groups in total. The van der Waals surface area contributed by atoms with Gasteiger partial charge in [0.2, 0.25) is 0 Å². The average Bonchev–Trinajstić information content (AvgIpc) is 2.45. The van der Waals surface area contributed by atoms with Gasteiger partial charge in [-0.15, -0.1) is 0 Å². The summed E-state index contributed by atoms with van der Waals surface area (Å²) in [5.41, 5.74) is 2.84. The monoisotopic (exact) mass is 343 g/mol. The number of allylic oxidation sites excluding steroid dienone is 2. The SMILES string of the molecule is CN(C)C1(P(C(C)(C)C)C(C)(C)C)CC=CC=C1c1ccccc1. The Balaban J connectivity index is 2.74. The van der Waals surface area contributed by atoms with Crippen molar-refractivity contribution in [1.82, 2.24) is 4.90 Å². The first-order valence-electron chi connectivity index (χ1n) is 8.92. The van der Waals surface area contributed by atoms with Gasteiger partial charge < -0.3 is 0 Å². The van der Waals surface area contributed by atoms with E-state index in [1.165, 1.54) is 11.1 Å². The third-order valence-electron chi connectivity index (χ3n) is 4.77. The largest absolute Gasteiger partial charge is 0.296 e. The molecule has 0 bridgehead atoms. The zero-order valence-corrected chi connectivity index (χ0v) is 17.6. The molecular formula is C22H34NP. The average molecular weight is 343 g/mol. The van der Waals surface area contributed by atoms with Crippen molar-refractivity contribution in [2.45, 2.75) is 63.6 Å². The fourth-order valence-corrected chi connectivity index (χ4v) is 9.90. The highest BCUT2D eigenvalue weighted by molar-refractivity contribution is 7.63. The molecular weight excluding hydrogens is 309 g/mol. The highest BCUT2D eigenvalue weighted by Gasteiger charge is 2.53. The Hall–Kier alpha value is -0.910. The van der Waals surface area contributed by atoms with Gasteiger partial charge in [0.1, 0.15) is 0 Å². The number of benzene rings is 1. The van der Waals surface area contributed by atoms with Gasteiger partial charge in [-0.05, 0) is 42.0 Å². The summed E-state index contributed by atoms with van der Waals surface area (Å²) in [5.74, 6) is 0. The first kappa shape index (κ1) is 19.4. The van der Waals surface area contributed by atoms with Crippen molar-refractivity contribution >= 4 is 13.5 Å². The quantitative estimate of drug-likeness (QED) is 0.577. The van der Waals surface area contributed by atoms with Gasteiger partial charge in [0.25, 0.3) is 0 Å². The van der Waals surface area contributed by atoms with E-state index >= 15 is 0 Å². The van der Waals surface area contributed by atoms with E-state index in [4.69, 9.17) is 0 Å². The molecule has 1 unspecified atom stereocenters. The summed E-state index contributed by atoms with van der Waals surface area (Å²) in [4.78, 5) is 2.50. The summed E-state index contributed by atoms with van der Waals surface area (Å²) in [6.07, 6.45) is 8.04. The molecule has 0 aromatic heterocycles. The van der Waals surface area contributed by atoms with E-state index in [0.717, 1.165) is 6.42 Å². The lowest BCUT2D eigenvalue weighted by Gasteiger charge is -2.58. The van der Waals surface area contributed by atoms with Crippen LogP contribution in [-0.2, 0) is 0 Å². The van der Waals surface area contributed by atoms with Crippen LogP contribution >= 0.6 is 7.92 Å². The molecule has 2 heteroatoms. The molecule has 1 aromatic carbocycles. The van der Waals surface area contributed by atoms with Crippen LogP contribution in [0.15, 0.2) is 48.6 Å². The van der Waals surface area contributed by atoms with Crippen molar-refractivity contribution in [3.05, 3.63) is 54.1 Å². The van der Waals surface area contributed by atoms with Crippen LogP contribution in [0.4, 0.5) is 0 Å². The lowest BCUT2D eigenvalue weighted by molar-refractivity contribution is 0.304. The molecule has 1 atom stereocenters. The van der Waals surface area contributed by atoms with Crippen LogP contribution in [0.3, 0.4) is 0 Å². The maximum atomic E-state index is 2.50. The summed E-state index contributed by atoms with van der Waals surface area (Å²) >= 11 is 0. The van der Waals surface area contributed by atoms with E-state index < -0.39 is 0 Å². The van der Waals surface area contributed by atoms with Crippen LogP contribution in [0, 0.1) is 0 Å². The van der Waals surface area contributed by atoms with Gasteiger partial charge in [-0.2, -0.15) is 0 Å². The van der Waals surface area contributed by atoms with Crippen molar-refractivity contribution < 1.29 is 0 Å². The summed E-state index contributed by atoms with van der Waals surface area (Å²) < 4.78 is 0. The number of hydrogen-bond acceptors (Lipinski definition) is 1. The Kier molecular flexibility index (Phi) is 5.48. The van der Waals surface area contributed by atoms with Gasteiger partial charge in [-0.3, -0.25) is 4.90 Å². The van der Waals surface area contributed by atoms with Crippen LogP contribution in [0.25, 0.3) is 5.57 Å². The molecule has 1 aliphatic rings. The molecule has 0 fully saturated rings. The molecule has 0 saturated carbocycles. The lowest BCUT2D eigenvalue weighted by atomic mass is 9.91.